The zero-order valence-corrected chi connectivity index (χ0v) is 20.6. The van der Waals surface area contributed by atoms with Crippen LogP contribution in [-0.4, -0.2) is 72.5 Å². The predicted molar refractivity (Wildman–Crippen MR) is 134 cm³/mol. The molecule has 8 nitrogen and oxygen atoms in total. The molecule has 1 amide bonds. The Morgan fingerprint density at radius 3 is 2.49 bits per heavy atom. The van der Waals surface area contributed by atoms with Gasteiger partial charge in [-0.25, -0.2) is 8.42 Å². The van der Waals surface area contributed by atoms with Gasteiger partial charge >= 0.3 is 0 Å². The van der Waals surface area contributed by atoms with Gasteiger partial charge in [0.2, 0.25) is 5.91 Å². The van der Waals surface area contributed by atoms with E-state index in [1.54, 1.807) is 36.5 Å². The number of likely N-dealkylation sites (tertiary alicyclic amines) is 2. The molecule has 3 heterocycles. The van der Waals surface area contributed by atoms with Crippen molar-refractivity contribution in [3.05, 3.63) is 60.0 Å². The average molecular weight is 497 g/mol. The van der Waals surface area contributed by atoms with Gasteiger partial charge in [-0.05, 0) is 69.8 Å². The molecule has 35 heavy (non-hydrogen) atoms. The molecule has 0 bridgehead atoms. The summed E-state index contributed by atoms with van der Waals surface area (Å²) in [6, 6.07) is 8.68. The lowest BCUT2D eigenvalue weighted by atomic mass is 9.90. The molecule has 2 aliphatic heterocycles. The van der Waals surface area contributed by atoms with Gasteiger partial charge in [-0.3, -0.25) is 14.5 Å². The van der Waals surface area contributed by atoms with Crippen molar-refractivity contribution in [2.24, 2.45) is 0 Å². The van der Waals surface area contributed by atoms with E-state index in [0.29, 0.717) is 62.1 Å². The normalized spacial score (nSPS) is 21.0. The first-order chi connectivity index (χ1) is 16.8. The number of nitrogens with one attached hydrogen (secondary N) is 1. The van der Waals surface area contributed by atoms with Gasteiger partial charge in [-0.2, -0.15) is 0 Å². The largest absolute Gasteiger partial charge is 0.388 e. The molecule has 0 unspecified atom stereocenters. The molecule has 0 saturated carbocycles. The summed E-state index contributed by atoms with van der Waals surface area (Å²) in [7, 11) is -3.80. The number of aliphatic hydroxyl groups is 1. The number of pyridine rings is 1. The maximum absolute atomic E-state index is 13.1. The summed E-state index contributed by atoms with van der Waals surface area (Å²) in [6.45, 7) is 3.87. The monoisotopic (exact) mass is 496 g/mol. The van der Waals surface area contributed by atoms with Crippen molar-refractivity contribution in [3.63, 3.8) is 0 Å². The smallest absolute Gasteiger partial charge is 0.263 e. The lowest BCUT2D eigenvalue weighted by Crippen LogP contribution is -2.52. The number of nitrogens with zero attached hydrogens (tertiary/aromatic N) is 3. The molecule has 9 heteroatoms. The lowest BCUT2D eigenvalue weighted by Gasteiger charge is -2.40. The van der Waals surface area contributed by atoms with Crippen LogP contribution in [-0.2, 0) is 14.8 Å². The summed E-state index contributed by atoms with van der Waals surface area (Å²) in [5, 5.41) is 11.7. The molecule has 1 aliphatic carbocycles. The van der Waals surface area contributed by atoms with E-state index >= 15 is 0 Å². The first kappa shape index (κ1) is 24.0. The topological polar surface area (TPSA) is 103 Å². The van der Waals surface area contributed by atoms with Crippen LogP contribution < -0.4 is 4.72 Å². The van der Waals surface area contributed by atoms with Crippen LogP contribution in [0.15, 0.2) is 64.8 Å². The van der Waals surface area contributed by atoms with Crippen molar-refractivity contribution >= 4 is 26.8 Å². The molecular formula is C26H32N4O4S. The van der Waals surface area contributed by atoms with Crippen LogP contribution in [0.1, 0.15) is 38.5 Å². The molecule has 1 aromatic heterocycles. The van der Waals surface area contributed by atoms with Gasteiger partial charge in [-0.1, -0.05) is 24.3 Å². The van der Waals surface area contributed by atoms with Crippen molar-refractivity contribution in [2.45, 2.75) is 49.0 Å². The Kier molecular flexibility index (Phi) is 6.65. The zero-order chi connectivity index (χ0) is 24.5. The third-order valence-corrected chi connectivity index (χ3v) is 8.71. The molecule has 2 aromatic rings. The minimum atomic E-state index is -3.80. The van der Waals surface area contributed by atoms with Gasteiger partial charge in [0.25, 0.3) is 10.0 Å². The van der Waals surface area contributed by atoms with Crippen molar-refractivity contribution in [1.29, 1.82) is 0 Å². The number of benzene rings is 1. The molecule has 0 spiro atoms. The number of para-hydroxylation sites is 1. The number of sulfonamides is 1. The number of allylic oxidation sites excluding steroid dienone is 3. The highest BCUT2D eigenvalue weighted by Crippen LogP contribution is 2.28. The maximum atomic E-state index is 13.1. The molecule has 2 saturated heterocycles. The fraction of sp³-hybridized carbons (Fsp3) is 0.462. The summed E-state index contributed by atoms with van der Waals surface area (Å²) in [5.74, 6) is -0.0235. The number of β-amino-alcohol motifs (C(OH)–C–C–N with tert-alkyl or cyclic N) is 1. The Labute approximate surface area is 206 Å². The van der Waals surface area contributed by atoms with E-state index in [1.807, 2.05) is 17.0 Å². The number of aromatic nitrogens is 1. The first-order valence-electron chi connectivity index (χ1n) is 12.3. The zero-order valence-electron chi connectivity index (χ0n) is 19.8. The molecule has 2 fully saturated rings. The lowest BCUT2D eigenvalue weighted by molar-refractivity contribution is -0.132. The second kappa shape index (κ2) is 9.72. The number of amides is 1. The van der Waals surface area contributed by atoms with Gasteiger partial charge < -0.3 is 14.9 Å². The minimum absolute atomic E-state index is 0.0235. The Morgan fingerprint density at radius 1 is 1.03 bits per heavy atom. The fourth-order valence-electron chi connectivity index (χ4n) is 5.27. The molecule has 5 rings (SSSR count). The molecule has 186 valence electrons. The quantitative estimate of drug-likeness (QED) is 0.637. The molecule has 1 aromatic carbocycles. The number of carbonyl (C=O) groups excluding carboxylic acids is 1. The van der Waals surface area contributed by atoms with Crippen LogP contribution in [0.4, 0.5) is 0 Å². The molecule has 0 radical (unpaired) electrons. The Bertz CT molecular complexity index is 1270. The minimum Gasteiger partial charge on any atom is -0.388 e. The van der Waals surface area contributed by atoms with Crippen LogP contribution >= 0.6 is 0 Å². The second-order valence-electron chi connectivity index (χ2n) is 9.82. The van der Waals surface area contributed by atoms with E-state index in [1.165, 1.54) is 12.8 Å². The van der Waals surface area contributed by atoms with E-state index in [4.69, 9.17) is 0 Å². The standard InChI is InChI=1S/C26H32N4O4S/c31-25(30-17-12-26(32,13-18-30)19-29-15-1-2-16-29)21-8-10-22(11-9-21)28-35(33,34)23-7-3-5-20-6-4-14-27-24(20)23/h3-8,10,14,28,32H,1-2,9,11-13,15-19H2. The number of hydrogen-bond donors (Lipinski definition) is 2. The third-order valence-electron chi connectivity index (χ3n) is 7.27. The first-order valence-corrected chi connectivity index (χ1v) is 13.8. The number of carbonyl (C=O) groups is 1. The number of piperidine rings is 1. The van der Waals surface area contributed by atoms with E-state index < -0.39 is 15.6 Å². The van der Waals surface area contributed by atoms with Crippen LogP contribution in [0, 0.1) is 0 Å². The number of hydrogen-bond acceptors (Lipinski definition) is 6. The Balaban J connectivity index is 1.22. The fourth-order valence-corrected chi connectivity index (χ4v) is 6.57. The molecule has 3 aliphatic rings. The Hall–Kier alpha value is -2.75. The maximum Gasteiger partial charge on any atom is 0.263 e. The van der Waals surface area contributed by atoms with Crippen molar-refractivity contribution in [1.82, 2.24) is 19.5 Å². The second-order valence-corrected chi connectivity index (χ2v) is 11.5. The van der Waals surface area contributed by atoms with Crippen LogP contribution in [0.2, 0.25) is 0 Å². The van der Waals surface area contributed by atoms with Gasteiger partial charge in [0.15, 0.2) is 0 Å². The highest BCUT2D eigenvalue weighted by atomic mass is 32.2. The van der Waals surface area contributed by atoms with Gasteiger partial charge in [0.05, 0.1) is 11.1 Å². The van der Waals surface area contributed by atoms with Gasteiger partial charge in [0.1, 0.15) is 4.90 Å². The summed E-state index contributed by atoms with van der Waals surface area (Å²) in [6.07, 6.45) is 9.44. The van der Waals surface area contributed by atoms with E-state index in [9.17, 15) is 18.3 Å². The van der Waals surface area contributed by atoms with Crippen LogP contribution in [0.3, 0.4) is 0 Å². The summed E-state index contributed by atoms with van der Waals surface area (Å²) < 4.78 is 28.8. The van der Waals surface area contributed by atoms with E-state index in [-0.39, 0.29) is 10.8 Å². The average Bonchev–Trinajstić information content (AvgIpc) is 3.36. The van der Waals surface area contributed by atoms with E-state index in [0.717, 1.165) is 18.5 Å². The van der Waals surface area contributed by atoms with Crippen molar-refractivity contribution in [2.75, 3.05) is 32.7 Å². The molecular weight excluding hydrogens is 464 g/mol. The van der Waals surface area contributed by atoms with Crippen molar-refractivity contribution in [3.8, 4) is 0 Å². The SMILES string of the molecule is O=C(C1=CC=C(NS(=O)(=O)c2cccc3cccnc23)CC1)N1CCC(O)(CN2CCCC2)CC1. The summed E-state index contributed by atoms with van der Waals surface area (Å²) >= 11 is 0. The Morgan fingerprint density at radius 2 is 1.77 bits per heavy atom. The van der Waals surface area contributed by atoms with Crippen LogP contribution in [0.25, 0.3) is 10.9 Å². The highest BCUT2D eigenvalue weighted by Gasteiger charge is 2.36. The summed E-state index contributed by atoms with van der Waals surface area (Å²) in [5.41, 5.74) is 0.933. The van der Waals surface area contributed by atoms with Gasteiger partial charge in [-0.15, -0.1) is 0 Å². The predicted octanol–water partition coefficient (Wildman–Crippen LogP) is 2.57. The molecule has 0 atom stereocenters. The van der Waals surface area contributed by atoms with Gasteiger partial charge in [0, 0.05) is 42.5 Å². The highest BCUT2D eigenvalue weighted by molar-refractivity contribution is 7.89. The number of fused-ring (bicyclic) bond motifs is 1. The molecule has 2 N–H and O–H groups in total. The van der Waals surface area contributed by atoms with E-state index in [2.05, 4.69) is 14.6 Å². The third kappa shape index (κ3) is 5.27. The van der Waals surface area contributed by atoms with Crippen LogP contribution in [0.5, 0.6) is 0 Å². The van der Waals surface area contributed by atoms with Crippen molar-refractivity contribution < 1.29 is 18.3 Å². The number of rotatable bonds is 6. The summed E-state index contributed by atoms with van der Waals surface area (Å²) in [4.78, 5) is 21.6.